The number of aromatic nitrogens is 2. The fourth-order valence-corrected chi connectivity index (χ4v) is 3.00. The van der Waals surface area contributed by atoms with Gasteiger partial charge in [-0.15, -0.1) is 0 Å². The Morgan fingerprint density at radius 1 is 1.20 bits per heavy atom. The fraction of sp³-hybridized carbons (Fsp3) is 0.154. The summed E-state index contributed by atoms with van der Waals surface area (Å²) in [5.74, 6) is -0.714. The quantitative estimate of drug-likeness (QED) is 0.672. The molecule has 100 valence electrons. The maximum Gasteiger partial charge on any atom is 0.240 e. The Kier molecular flexibility index (Phi) is 1.92. The zero-order valence-corrected chi connectivity index (χ0v) is 10.2. The number of H-pyrrole nitrogens is 1. The first kappa shape index (κ1) is 11.2. The van der Waals surface area contributed by atoms with E-state index >= 15 is 0 Å². The monoisotopic (exact) mass is 272 g/mol. The zero-order chi connectivity index (χ0) is 13.9. The molecule has 0 saturated heterocycles. The van der Waals surface area contributed by atoms with Crippen LogP contribution in [0.3, 0.4) is 0 Å². The van der Waals surface area contributed by atoms with Crippen LogP contribution in [0.4, 0.5) is 15.9 Å². The minimum absolute atomic E-state index is 0.0676. The number of nitrogens with one attached hydrogen (secondary N) is 3. The van der Waals surface area contributed by atoms with E-state index in [-0.39, 0.29) is 18.2 Å². The molecule has 3 heterocycles. The molecule has 20 heavy (non-hydrogen) atoms. The van der Waals surface area contributed by atoms with Gasteiger partial charge in [-0.05, 0) is 23.8 Å². The lowest BCUT2D eigenvalue weighted by atomic mass is 9.72. The van der Waals surface area contributed by atoms with Crippen molar-refractivity contribution in [2.45, 2.75) is 11.8 Å². The number of fused-ring (bicyclic) bond motifs is 4. The summed E-state index contributed by atoms with van der Waals surface area (Å²) in [6.07, 6.45) is 1.43. The van der Waals surface area contributed by atoms with Crippen LogP contribution in [0.15, 0.2) is 24.4 Å². The smallest absolute Gasteiger partial charge is 0.240 e. The standard InChI is InChI=1S/C13H9FN4O2/c14-6-1-2-9-7(3-6)13(12(20)16-9)4-10(19)17-11-8(13)5-15-18-11/h1-3,5H,4H2,(H,16,20)(H2,15,17,18,19). The van der Waals surface area contributed by atoms with E-state index in [9.17, 15) is 14.0 Å². The molecular weight excluding hydrogens is 263 g/mol. The Labute approximate surface area is 112 Å². The van der Waals surface area contributed by atoms with E-state index in [0.717, 1.165) is 0 Å². The summed E-state index contributed by atoms with van der Waals surface area (Å²) in [5.41, 5.74) is 0.347. The second-order valence-corrected chi connectivity index (χ2v) is 4.93. The summed E-state index contributed by atoms with van der Waals surface area (Å²) in [6, 6.07) is 4.07. The lowest BCUT2D eigenvalue weighted by Crippen LogP contribution is -2.43. The molecule has 0 bridgehead atoms. The predicted molar refractivity (Wildman–Crippen MR) is 67.6 cm³/mol. The summed E-state index contributed by atoms with van der Waals surface area (Å²) >= 11 is 0. The first-order valence-corrected chi connectivity index (χ1v) is 6.06. The van der Waals surface area contributed by atoms with Crippen LogP contribution in [0, 0.1) is 5.82 Å². The summed E-state index contributed by atoms with van der Waals surface area (Å²) in [5, 5.41) is 11.9. The molecule has 0 saturated carbocycles. The van der Waals surface area contributed by atoms with Gasteiger partial charge >= 0.3 is 0 Å². The number of amides is 2. The molecule has 1 spiro atoms. The van der Waals surface area contributed by atoms with Crippen LogP contribution in [0.1, 0.15) is 17.5 Å². The van der Waals surface area contributed by atoms with Crippen molar-refractivity contribution in [3.05, 3.63) is 41.3 Å². The molecule has 2 aliphatic heterocycles. The van der Waals surface area contributed by atoms with E-state index in [1.807, 2.05) is 0 Å². The van der Waals surface area contributed by atoms with Crippen LogP contribution in [0.25, 0.3) is 0 Å². The van der Waals surface area contributed by atoms with E-state index in [4.69, 9.17) is 0 Å². The zero-order valence-electron chi connectivity index (χ0n) is 10.2. The SMILES string of the molecule is O=C1CC2(C(=O)Nc3ccc(F)cc32)c2cn[nH]c2N1. The molecule has 3 N–H and O–H groups in total. The predicted octanol–water partition coefficient (Wildman–Crippen LogP) is 1.13. The third-order valence-corrected chi connectivity index (χ3v) is 3.87. The molecule has 1 unspecified atom stereocenters. The van der Waals surface area contributed by atoms with Crippen molar-refractivity contribution in [1.29, 1.82) is 0 Å². The number of rotatable bonds is 0. The van der Waals surface area contributed by atoms with Gasteiger partial charge in [-0.2, -0.15) is 5.10 Å². The Hall–Kier alpha value is -2.70. The van der Waals surface area contributed by atoms with Gasteiger partial charge in [0.15, 0.2) is 0 Å². The molecular formula is C13H9FN4O2. The minimum Gasteiger partial charge on any atom is -0.325 e. The van der Waals surface area contributed by atoms with Crippen LogP contribution in [-0.4, -0.2) is 22.0 Å². The van der Waals surface area contributed by atoms with Crippen LogP contribution in [-0.2, 0) is 15.0 Å². The molecule has 2 amide bonds. The number of nitrogens with zero attached hydrogens (tertiary/aromatic N) is 1. The number of carbonyl (C=O) groups excluding carboxylic acids is 2. The Morgan fingerprint density at radius 2 is 2.05 bits per heavy atom. The lowest BCUT2D eigenvalue weighted by molar-refractivity contribution is -0.125. The molecule has 1 aromatic carbocycles. The number of carbonyl (C=O) groups is 2. The van der Waals surface area contributed by atoms with Gasteiger partial charge in [0.25, 0.3) is 0 Å². The third kappa shape index (κ3) is 1.19. The maximum absolute atomic E-state index is 13.6. The molecule has 4 rings (SSSR count). The van der Waals surface area contributed by atoms with Crippen molar-refractivity contribution in [2.75, 3.05) is 10.6 Å². The average Bonchev–Trinajstić information content (AvgIpc) is 2.96. The van der Waals surface area contributed by atoms with E-state index < -0.39 is 11.2 Å². The van der Waals surface area contributed by atoms with Crippen LogP contribution < -0.4 is 10.6 Å². The number of hydrogen-bond donors (Lipinski definition) is 3. The highest BCUT2D eigenvalue weighted by molar-refractivity contribution is 6.14. The third-order valence-electron chi connectivity index (χ3n) is 3.87. The van der Waals surface area contributed by atoms with Crippen LogP contribution in [0.5, 0.6) is 0 Å². The number of aromatic amines is 1. The molecule has 0 radical (unpaired) electrons. The minimum atomic E-state index is -1.21. The highest BCUT2D eigenvalue weighted by Crippen LogP contribution is 2.49. The van der Waals surface area contributed by atoms with Crippen molar-refractivity contribution in [1.82, 2.24) is 10.2 Å². The van der Waals surface area contributed by atoms with Gasteiger partial charge in [0.05, 0.1) is 6.20 Å². The Bertz CT molecular complexity index is 769. The van der Waals surface area contributed by atoms with Crippen molar-refractivity contribution in [2.24, 2.45) is 0 Å². The van der Waals surface area contributed by atoms with Gasteiger partial charge in [0.2, 0.25) is 11.8 Å². The summed E-state index contributed by atoms with van der Waals surface area (Å²) in [6.45, 7) is 0. The second kappa shape index (κ2) is 3.44. The Balaban J connectivity index is 2.05. The summed E-state index contributed by atoms with van der Waals surface area (Å²) in [7, 11) is 0. The number of halogens is 1. The second-order valence-electron chi connectivity index (χ2n) is 4.93. The van der Waals surface area contributed by atoms with Gasteiger partial charge in [-0.1, -0.05) is 0 Å². The normalized spacial score (nSPS) is 23.2. The summed E-state index contributed by atoms with van der Waals surface area (Å²) in [4.78, 5) is 24.4. The molecule has 1 aromatic heterocycles. The van der Waals surface area contributed by atoms with Gasteiger partial charge in [-0.25, -0.2) is 4.39 Å². The van der Waals surface area contributed by atoms with E-state index in [0.29, 0.717) is 22.6 Å². The van der Waals surface area contributed by atoms with Crippen molar-refractivity contribution in [3.8, 4) is 0 Å². The van der Waals surface area contributed by atoms with Crippen molar-refractivity contribution < 1.29 is 14.0 Å². The molecule has 2 aromatic rings. The largest absolute Gasteiger partial charge is 0.325 e. The molecule has 0 aliphatic carbocycles. The van der Waals surface area contributed by atoms with Gasteiger partial charge < -0.3 is 10.6 Å². The fourth-order valence-electron chi connectivity index (χ4n) is 3.00. The molecule has 7 heteroatoms. The van der Waals surface area contributed by atoms with Crippen LogP contribution in [0.2, 0.25) is 0 Å². The van der Waals surface area contributed by atoms with E-state index in [2.05, 4.69) is 20.8 Å². The number of anilines is 2. The highest BCUT2D eigenvalue weighted by atomic mass is 19.1. The first-order chi connectivity index (χ1) is 9.61. The topological polar surface area (TPSA) is 86.9 Å². The van der Waals surface area contributed by atoms with Crippen molar-refractivity contribution in [3.63, 3.8) is 0 Å². The molecule has 0 fully saturated rings. The molecule has 6 nitrogen and oxygen atoms in total. The number of benzene rings is 1. The summed E-state index contributed by atoms with van der Waals surface area (Å²) < 4.78 is 13.6. The Morgan fingerprint density at radius 3 is 2.90 bits per heavy atom. The molecule has 2 aliphatic rings. The van der Waals surface area contributed by atoms with Gasteiger partial charge in [0.1, 0.15) is 17.1 Å². The number of hydrogen-bond acceptors (Lipinski definition) is 3. The highest BCUT2D eigenvalue weighted by Gasteiger charge is 2.53. The van der Waals surface area contributed by atoms with E-state index in [1.165, 1.54) is 24.4 Å². The maximum atomic E-state index is 13.6. The average molecular weight is 272 g/mol. The molecule has 1 atom stereocenters. The lowest BCUT2D eigenvalue weighted by Gasteiger charge is -2.30. The van der Waals surface area contributed by atoms with Gasteiger partial charge in [-0.3, -0.25) is 14.7 Å². The van der Waals surface area contributed by atoms with Gasteiger partial charge in [0, 0.05) is 17.7 Å². The first-order valence-electron chi connectivity index (χ1n) is 6.06. The van der Waals surface area contributed by atoms with E-state index in [1.54, 1.807) is 0 Å². The van der Waals surface area contributed by atoms with Crippen LogP contribution >= 0.6 is 0 Å². The van der Waals surface area contributed by atoms with Crippen molar-refractivity contribution >= 4 is 23.3 Å².